The summed E-state index contributed by atoms with van der Waals surface area (Å²) in [4.78, 5) is 0. The maximum atomic E-state index is 15.2. The lowest BCUT2D eigenvalue weighted by atomic mass is 9.96. The predicted octanol–water partition coefficient (Wildman–Crippen LogP) is 8.45. The van der Waals surface area contributed by atoms with E-state index in [0.29, 0.717) is 17.5 Å². The number of halogens is 8. The molecule has 38 heavy (non-hydrogen) atoms. The second-order valence-electron chi connectivity index (χ2n) is 8.27. The van der Waals surface area contributed by atoms with E-state index in [4.69, 9.17) is 4.74 Å². The van der Waals surface area contributed by atoms with Crippen LogP contribution >= 0.6 is 0 Å². The van der Waals surface area contributed by atoms with Crippen LogP contribution in [0.4, 0.5) is 35.1 Å². The minimum Gasteiger partial charge on any atom is -0.489 e. The van der Waals surface area contributed by atoms with Crippen LogP contribution in [0.25, 0.3) is 21.9 Å². The van der Waals surface area contributed by atoms with Crippen molar-refractivity contribution in [2.75, 3.05) is 6.61 Å². The number of alkyl halides is 3. The Morgan fingerprint density at radius 2 is 1.42 bits per heavy atom. The third-order valence-electron chi connectivity index (χ3n) is 5.67. The van der Waals surface area contributed by atoms with Gasteiger partial charge in [-0.3, -0.25) is 0 Å². The first-order valence-electron chi connectivity index (χ1n) is 11.1. The van der Waals surface area contributed by atoms with Crippen LogP contribution in [0.1, 0.15) is 11.1 Å². The minimum atomic E-state index is -5.27. The normalized spacial score (nSPS) is 11.6. The molecule has 0 saturated heterocycles. The number of rotatable bonds is 8. The molecular weight excluding hydrogens is 520 g/mol. The van der Waals surface area contributed by atoms with Crippen molar-refractivity contribution in [2.45, 2.75) is 19.2 Å². The summed E-state index contributed by atoms with van der Waals surface area (Å²) < 4.78 is 118. The molecule has 0 aliphatic carbocycles. The highest BCUT2D eigenvalue weighted by Gasteiger charge is 2.34. The summed E-state index contributed by atoms with van der Waals surface area (Å²) in [6.45, 7) is 3.53. The molecule has 0 fully saturated rings. The fourth-order valence-corrected chi connectivity index (χ4v) is 4.00. The minimum absolute atomic E-state index is 0.00386. The lowest BCUT2D eigenvalue weighted by Gasteiger charge is -2.13. The van der Waals surface area contributed by atoms with E-state index in [1.54, 1.807) is 0 Å². The van der Waals surface area contributed by atoms with Crippen LogP contribution in [-0.2, 0) is 12.8 Å². The Morgan fingerprint density at radius 3 is 2.03 bits per heavy atom. The van der Waals surface area contributed by atoms with Crippen LogP contribution < -0.4 is 9.47 Å². The monoisotopic (exact) mass is 538 g/mol. The van der Waals surface area contributed by atoms with Gasteiger partial charge in [-0.25, -0.2) is 22.0 Å². The summed E-state index contributed by atoms with van der Waals surface area (Å²) in [5.41, 5.74) is 0.0185. The number of ether oxygens (including phenoxy) is 2. The first kappa shape index (κ1) is 27.0. The highest BCUT2D eigenvalue weighted by Crippen LogP contribution is 2.34. The Balaban J connectivity index is 1.57. The second-order valence-corrected chi connectivity index (χ2v) is 8.27. The first-order chi connectivity index (χ1) is 18.0. The zero-order chi connectivity index (χ0) is 27.6. The molecule has 0 spiro atoms. The van der Waals surface area contributed by atoms with Gasteiger partial charge in [-0.2, -0.15) is 0 Å². The molecule has 2 nitrogen and oxygen atoms in total. The molecule has 0 bridgehead atoms. The average molecular weight is 538 g/mol. The summed E-state index contributed by atoms with van der Waals surface area (Å²) in [5, 5.41) is 0.490. The van der Waals surface area contributed by atoms with E-state index in [0.717, 1.165) is 12.1 Å². The smallest absolute Gasteiger partial charge is 0.489 e. The molecular formula is C28H18F8O2. The standard InChI is InChI=1S/C28H18F8O2/c1-2-9-37-19-13-21(29)25(22(30)14-19)18-7-8-20-17(12-18)6-5-16(26(20)33)4-3-15-10-23(31)27(24(32)11-15)38-28(34,35)36/h2,5-8,10-14H,1,3-4,9H2. The molecule has 4 aromatic rings. The van der Waals surface area contributed by atoms with Crippen molar-refractivity contribution in [3.05, 3.63) is 107 Å². The summed E-state index contributed by atoms with van der Waals surface area (Å²) in [6, 6.07) is 10.5. The number of hydrogen-bond acceptors (Lipinski definition) is 2. The van der Waals surface area contributed by atoms with Gasteiger partial charge in [0.15, 0.2) is 11.6 Å². The van der Waals surface area contributed by atoms with Gasteiger partial charge in [-0.05, 0) is 53.1 Å². The van der Waals surface area contributed by atoms with Gasteiger partial charge in [-0.15, -0.1) is 13.2 Å². The third kappa shape index (κ3) is 5.90. The van der Waals surface area contributed by atoms with Gasteiger partial charge in [0.1, 0.15) is 29.8 Å². The lowest BCUT2D eigenvalue weighted by Crippen LogP contribution is -2.19. The van der Waals surface area contributed by atoms with Crippen molar-refractivity contribution in [1.29, 1.82) is 0 Å². The van der Waals surface area contributed by atoms with Gasteiger partial charge in [0.05, 0.1) is 5.56 Å². The molecule has 0 aliphatic rings. The predicted molar refractivity (Wildman–Crippen MR) is 125 cm³/mol. The molecule has 0 aromatic heterocycles. The van der Waals surface area contributed by atoms with Gasteiger partial charge in [0.2, 0.25) is 5.75 Å². The highest BCUT2D eigenvalue weighted by atomic mass is 19.4. The fraction of sp³-hybridized carbons (Fsp3) is 0.143. The molecule has 4 rings (SSSR count). The van der Waals surface area contributed by atoms with E-state index < -0.39 is 41.2 Å². The molecule has 0 radical (unpaired) electrons. The fourth-order valence-electron chi connectivity index (χ4n) is 4.00. The van der Waals surface area contributed by atoms with Crippen LogP contribution in [0.15, 0.2) is 67.3 Å². The molecule has 0 heterocycles. The number of fused-ring (bicyclic) bond motifs is 1. The number of benzene rings is 4. The van der Waals surface area contributed by atoms with E-state index >= 15 is 4.39 Å². The van der Waals surface area contributed by atoms with E-state index in [9.17, 15) is 30.7 Å². The third-order valence-corrected chi connectivity index (χ3v) is 5.67. The Hall–Kier alpha value is -4.08. The maximum Gasteiger partial charge on any atom is 0.573 e. The lowest BCUT2D eigenvalue weighted by molar-refractivity contribution is -0.276. The SMILES string of the molecule is C=CCOc1cc(F)c(-c2ccc3c(F)c(CCc4cc(F)c(OC(F)(F)F)c(F)c4)ccc3c2)c(F)c1. The van der Waals surface area contributed by atoms with E-state index in [1.165, 1.54) is 36.4 Å². The molecule has 0 atom stereocenters. The largest absolute Gasteiger partial charge is 0.573 e. The van der Waals surface area contributed by atoms with Gasteiger partial charge < -0.3 is 9.47 Å². The molecule has 198 valence electrons. The summed E-state index contributed by atoms with van der Waals surface area (Å²) >= 11 is 0. The maximum absolute atomic E-state index is 15.2. The van der Waals surface area contributed by atoms with Gasteiger partial charge in [0.25, 0.3) is 0 Å². The highest BCUT2D eigenvalue weighted by molar-refractivity contribution is 5.88. The number of hydrogen-bond donors (Lipinski definition) is 0. The molecule has 0 N–H and O–H groups in total. The molecule has 0 unspecified atom stereocenters. The zero-order valence-electron chi connectivity index (χ0n) is 19.4. The van der Waals surface area contributed by atoms with Crippen molar-refractivity contribution < 1.29 is 44.6 Å². The van der Waals surface area contributed by atoms with Gasteiger partial charge in [-0.1, -0.05) is 36.9 Å². The summed E-state index contributed by atoms with van der Waals surface area (Å²) in [6.07, 6.45) is -3.96. The topological polar surface area (TPSA) is 18.5 Å². The van der Waals surface area contributed by atoms with E-state index in [1.807, 2.05) is 0 Å². The second kappa shape index (κ2) is 10.7. The quantitative estimate of drug-likeness (QED) is 0.166. The molecule has 0 amide bonds. The van der Waals surface area contributed by atoms with Crippen LogP contribution in [0.3, 0.4) is 0 Å². The Kier molecular flexibility index (Phi) is 7.61. The molecule has 4 aromatic carbocycles. The molecule has 0 aliphatic heterocycles. The van der Waals surface area contributed by atoms with Crippen LogP contribution in [-0.4, -0.2) is 13.0 Å². The Bertz CT molecular complexity index is 1470. The van der Waals surface area contributed by atoms with Crippen LogP contribution in [0.5, 0.6) is 11.5 Å². The molecule has 10 heteroatoms. The Morgan fingerprint density at radius 1 is 0.763 bits per heavy atom. The first-order valence-corrected chi connectivity index (χ1v) is 11.1. The van der Waals surface area contributed by atoms with Crippen molar-refractivity contribution in [3.8, 4) is 22.6 Å². The van der Waals surface area contributed by atoms with Crippen LogP contribution in [0.2, 0.25) is 0 Å². The van der Waals surface area contributed by atoms with Crippen molar-refractivity contribution in [2.24, 2.45) is 0 Å². The molecule has 0 saturated carbocycles. The van der Waals surface area contributed by atoms with E-state index in [2.05, 4.69) is 11.3 Å². The zero-order valence-corrected chi connectivity index (χ0v) is 19.4. The summed E-state index contributed by atoms with van der Waals surface area (Å²) in [7, 11) is 0. The van der Waals surface area contributed by atoms with Gasteiger partial charge >= 0.3 is 6.36 Å². The van der Waals surface area contributed by atoms with Gasteiger partial charge in [0, 0.05) is 17.5 Å². The van der Waals surface area contributed by atoms with E-state index in [-0.39, 0.29) is 52.8 Å². The van der Waals surface area contributed by atoms with Crippen molar-refractivity contribution >= 4 is 10.8 Å². The number of aryl methyl sites for hydroxylation is 2. The summed E-state index contributed by atoms with van der Waals surface area (Å²) in [5.74, 6) is -7.05. The Labute approximate surface area is 211 Å². The van der Waals surface area contributed by atoms with Crippen molar-refractivity contribution in [3.63, 3.8) is 0 Å². The van der Waals surface area contributed by atoms with Crippen molar-refractivity contribution in [1.82, 2.24) is 0 Å². The average Bonchev–Trinajstić information content (AvgIpc) is 2.83. The van der Waals surface area contributed by atoms with Crippen LogP contribution in [0, 0.1) is 29.1 Å².